The zero-order valence-electron chi connectivity index (χ0n) is 25.0. The Balaban J connectivity index is 1.28. The highest BCUT2D eigenvalue weighted by atomic mass is 35.5. The Bertz CT molecular complexity index is 1500. The van der Waals surface area contributed by atoms with Crippen molar-refractivity contribution in [2.24, 2.45) is 0 Å². The number of amides is 2. The van der Waals surface area contributed by atoms with Crippen LogP contribution in [-0.2, 0) is 30.7 Å². The van der Waals surface area contributed by atoms with E-state index >= 15 is 0 Å². The molecule has 2 amide bonds. The number of carbonyl (C=O) groups excluding carboxylic acids is 1. The fraction of sp³-hybridized carbons (Fsp3) is 0.517. The standard InChI is InChI=1S/C29H35Cl2F3N4O8S/c30-18-14-23-22(24(31)15-18)16-25(38-9-1-2-19(17-38)37-28(40)41)26(23)46-20-3-5-21(6-4-20)47(42,43)36-8-11-45-13-12-44-10-7-35-27(39)29(32,33)34/h3-6,14-15,19,25-26,36-37H,1-2,7-13,16-17H2,(H,35,39)(H,40,41)/t19-,25+,26+/m1/s1. The van der Waals surface area contributed by atoms with Gasteiger partial charge in [-0.1, -0.05) is 23.2 Å². The van der Waals surface area contributed by atoms with Crippen molar-refractivity contribution < 1.29 is 50.5 Å². The molecular formula is C29H35Cl2F3N4O8S. The van der Waals surface area contributed by atoms with Gasteiger partial charge in [0.1, 0.15) is 11.9 Å². The number of fused-ring (bicyclic) bond motifs is 1. The molecule has 0 unspecified atom stereocenters. The maximum absolute atomic E-state index is 12.8. The molecule has 260 valence electrons. The summed E-state index contributed by atoms with van der Waals surface area (Å²) in [6.45, 7) is 0.863. The van der Waals surface area contributed by atoms with Gasteiger partial charge in [0.25, 0.3) is 0 Å². The van der Waals surface area contributed by atoms with Crippen molar-refractivity contribution in [1.29, 1.82) is 0 Å². The molecule has 18 heteroatoms. The third-order valence-corrected chi connectivity index (χ3v) is 9.64. The normalized spacial score (nSPS) is 20.1. The number of likely N-dealkylation sites (tertiary alicyclic amines) is 1. The number of alkyl halides is 3. The van der Waals surface area contributed by atoms with Gasteiger partial charge in [-0.2, -0.15) is 13.2 Å². The molecule has 1 saturated heterocycles. The minimum atomic E-state index is -4.95. The molecule has 1 aliphatic heterocycles. The highest BCUT2D eigenvalue weighted by Gasteiger charge is 2.41. The number of carbonyl (C=O) groups is 2. The molecule has 4 rings (SSSR count). The highest BCUT2D eigenvalue weighted by molar-refractivity contribution is 7.89. The molecule has 1 aliphatic carbocycles. The zero-order valence-corrected chi connectivity index (χ0v) is 27.4. The van der Waals surface area contributed by atoms with Crippen LogP contribution in [0.15, 0.2) is 41.3 Å². The number of ether oxygens (including phenoxy) is 3. The SMILES string of the molecule is O=C(O)N[C@@H]1CCCN([C@H]2Cc3c(Cl)cc(Cl)cc3[C@@H]2Oc2ccc(S(=O)(=O)NCCOCCOCCNC(=O)C(F)(F)F)cc2)C1. The summed E-state index contributed by atoms with van der Waals surface area (Å²) in [4.78, 5) is 24.1. The summed E-state index contributed by atoms with van der Waals surface area (Å²) in [5, 5.41) is 14.4. The Kier molecular flexibility index (Phi) is 13.0. The van der Waals surface area contributed by atoms with Crippen LogP contribution in [0.1, 0.15) is 30.1 Å². The molecule has 0 radical (unpaired) electrons. The van der Waals surface area contributed by atoms with E-state index in [1.165, 1.54) is 12.1 Å². The monoisotopic (exact) mass is 726 g/mol. The molecule has 0 saturated carbocycles. The van der Waals surface area contributed by atoms with Crippen LogP contribution in [0, 0.1) is 0 Å². The van der Waals surface area contributed by atoms with Crippen molar-refractivity contribution in [3.8, 4) is 5.75 Å². The Morgan fingerprint density at radius 2 is 1.70 bits per heavy atom. The van der Waals surface area contributed by atoms with Crippen LogP contribution in [0.25, 0.3) is 0 Å². The number of nitrogens with zero attached hydrogens (tertiary/aromatic N) is 1. The molecule has 2 aliphatic rings. The number of halogens is 5. The van der Waals surface area contributed by atoms with Crippen LogP contribution >= 0.6 is 23.2 Å². The van der Waals surface area contributed by atoms with E-state index in [-0.39, 0.29) is 56.5 Å². The summed E-state index contributed by atoms with van der Waals surface area (Å²) in [6.07, 6.45) is -4.43. The predicted molar refractivity (Wildman–Crippen MR) is 165 cm³/mol. The van der Waals surface area contributed by atoms with E-state index in [1.54, 1.807) is 29.6 Å². The Morgan fingerprint density at radius 1 is 1.02 bits per heavy atom. The summed E-state index contributed by atoms with van der Waals surface area (Å²) in [5.74, 6) is -1.63. The molecule has 0 bridgehead atoms. The molecule has 3 atom stereocenters. The van der Waals surface area contributed by atoms with E-state index in [1.807, 2.05) is 0 Å². The first-order chi connectivity index (χ1) is 22.2. The number of hydrogen-bond acceptors (Lipinski definition) is 8. The van der Waals surface area contributed by atoms with Gasteiger partial charge < -0.3 is 30.0 Å². The topological polar surface area (TPSA) is 156 Å². The minimum absolute atomic E-state index is 0.00201. The van der Waals surface area contributed by atoms with Crippen LogP contribution in [-0.4, -0.2) is 101 Å². The number of nitrogens with one attached hydrogen (secondary N) is 3. The quantitative estimate of drug-likeness (QED) is 0.201. The van der Waals surface area contributed by atoms with Crippen LogP contribution in [0.3, 0.4) is 0 Å². The van der Waals surface area contributed by atoms with E-state index < -0.39 is 34.3 Å². The van der Waals surface area contributed by atoms with Crippen molar-refractivity contribution >= 4 is 45.2 Å². The van der Waals surface area contributed by atoms with Crippen molar-refractivity contribution in [1.82, 2.24) is 20.3 Å². The average Bonchev–Trinajstić information content (AvgIpc) is 3.35. The summed E-state index contributed by atoms with van der Waals surface area (Å²) < 4.78 is 81.1. The van der Waals surface area contributed by atoms with Crippen molar-refractivity contribution in [2.45, 2.75) is 48.5 Å². The molecule has 1 fully saturated rings. The van der Waals surface area contributed by atoms with Gasteiger partial charge in [0, 0.05) is 41.3 Å². The molecule has 12 nitrogen and oxygen atoms in total. The van der Waals surface area contributed by atoms with Gasteiger partial charge in [-0.3, -0.25) is 9.69 Å². The smallest absolute Gasteiger partial charge is 0.471 e. The Morgan fingerprint density at radius 3 is 2.36 bits per heavy atom. The van der Waals surface area contributed by atoms with Gasteiger partial charge in [-0.15, -0.1) is 0 Å². The lowest BCUT2D eigenvalue weighted by Gasteiger charge is -2.39. The van der Waals surface area contributed by atoms with Crippen LogP contribution in [0.2, 0.25) is 10.0 Å². The molecule has 4 N–H and O–H groups in total. The molecule has 1 heterocycles. The lowest BCUT2D eigenvalue weighted by molar-refractivity contribution is -0.173. The van der Waals surface area contributed by atoms with E-state index in [9.17, 15) is 36.3 Å². The maximum Gasteiger partial charge on any atom is 0.471 e. The third-order valence-electron chi connectivity index (χ3n) is 7.61. The highest BCUT2D eigenvalue weighted by Crippen LogP contribution is 2.43. The first kappa shape index (κ1) is 37.0. The van der Waals surface area contributed by atoms with Crippen LogP contribution in [0.4, 0.5) is 18.0 Å². The van der Waals surface area contributed by atoms with E-state index in [2.05, 4.69) is 14.9 Å². The van der Waals surface area contributed by atoms with E-state index in [0.29, 0.717) is 28.8 Å². The number of carboxylic acid groups (broad SMARTS) is 1. The number of sulfonamides is 1. The number of piperidine rings is 1. The predicted octanol–water partition coefficient (Wildman–Crippen LogP) is 3.76. The fourth-order valence-electron chi connectivity index (χ4n) is 5.51. The fourth-order valence-corrected chi connectivity index (χ4v) is 7.11. The lowest BCUT2D eigenvalue weighted by atomic mass is 10.0. The van der Waals surface area contributed by atoms with Crippen molar-refractivity contribution in [2.75, 3.05) is 52.6 Å². The number of rotatable bonds is 15. The second kappa shape index (κ2) is 16.5. The largest absolute Gasteiger partial charge is 0.484 e. The molecule has 0 spiro atoms. The summed E-state index contributed by atoms with van der Waals surface area (Å²) in [5.41, 5.74) is 1.71. The van der Waals surface area contributed by atoms with Crippen molar-refractivity contribution in [3.05, 3.63) is 57.6 Å². The lowest BCUT2D eigenvalue weighted by Crippen LogP contribution is -2.52. The molecule has 2 aromatic rings. The molecule has 2 aromatic carbocycles. The number of benzene rings is 2. The first-order valence-electron chi connectivity index (χ1n) is 14.7. The second-order valence-corrected chi connectivity index (χ2v) is 13.5. The molecular weight excluding hydrogens is 692 g/mol. The number of hydrogen-bond donors (Lipinski definition) is 4. The van der Waals surface area contributed by atoms with Gasteiger partial charge >= 0.3 is 18.2 Å². The van der Waals surface area contributed by atoms with Gasteiger partial charge in [0.15, 0.2) is 0 Å². The molecule has 0 aromatic heterocycles. The van der Waals surface area contributed by atoms with Gasteiger partial charge in [-0.05, 0) is 67.8 Å². The van der Waals surface area contributed by atoms with Crippen LogP contribution in [0.5, 0.6) is 5.75 Å². The summed E-state index contributed by atoms with van der Waals surface area (Å²) in [7, 11) is -3.88. The van der Waals surface area contributed by atoms with Crippen LogP contribution < -0.4 is 20.1 Å². The Hall–Kier alpha value is -2.86. The van der Waals surface area contributed by atoms with Gasteiger partial charge in [0.05, 0.1) is 37.4 Å². The van der Waals surface area contributed by atoms with E-state index in [4.69, 9.17) is 37.4 Å². The van der Waals surface area contributed by atoms with Gasteiger partial charge in [-0.25, -0.2) is 17.9 Å². The average molecular weight is 728 g/mol. The maximum atomic E-state index is 12.8. The third kappa shape index (κ3) is 10.6. The molecule has 47 heavy (non-hydrogen) atoms. The minimum Gasteiger partial charge on any atom is -0.484 e. The second-order valence-electron chi connectivity index (χ2n) is 10.9. The first-order valence-corrected chi connectivity index (χ1v) is 17.0. The summed E-state index contributed by atoms with van der Waals surface area (Å²) >= 11 is 12.9. The van der Waals surface area contributed by atoms with Gasteiger partial charge in [0.2, 0.25) is 10.0 Å². The Labute approximate surface area is 279 Å². The van der Waals surface area contributed by atoms with Crippen molar-refractivity contribution in [3.63, 3.8) is 0 Å². The van der Waals surface area contributed by atoms with E-state index in [0.717, 1.165) is 30.5 Å². The summed E-state index contributed by atoms with van der Waals surface area (Å²) in [6, 6.07) is 9.00. The zero-order chi connectivity index (χ0) is 34.2.